The second-order valence-corrected chi connectivity index (χ2v) is 8.65. The molecule has 0 unspecified atom stereocenters. The van der Waals surface area contributed by atoms with Crippen LogP contribution in [0.3, 0.4) is 0 Å². The Kier molecular flexibility index (Phi) is 6.03. The number of aromatic nitrogens is 2. The molecule has 0 atom stereocenters. The van der Waals surface area contributed by atoms with Gasteiger partial charge in [0.2, 0.25) is 0 Å². The van der Waals surface area contributed by atoms with Crippen LogP contribution in [-0.2, 0) is 14.1 Å². The normalized spacial score (nSPS) is 12.2. The predicted octanol–water partition coefficient (Wildman–Crippen LogP) is 4.26. The fraction of sp³-hybridized carbons (Fsp3) is 0.435. The third-order valence-electron chi connectivity index (χ3n) is 5.57. The molecule has 154 valence electrons. The number of azo groups is 1. The number of fused-ring (bicyclic) bond motifs is 1. The van der Waals surface area contributed by atoms with Gasteiger partial charge in [-0.1, -0.05) is 0 Å². The molecule has 0 spiro atoms. The maximum Gasteiger partial charge on any atom is 0.253 e. The van der Waals surface area contributed by atoms with E-state index in [1.54, 1.807) is 0 Å². The zero-order valence-corrected chi connectivity index (χ0v) is 18.8. The average Bonchev–Trinajstić information content (AvgIpc) is 2.91. The summed E-state index contributed by atoms with van der Waals surface area (Å²) in [5, 5.41) is 8.90. The van der Waals surface area contributed by atoms with Crippen molar-refractivity contribution >= 4 is 28.1 Å². The number of benzene rings is 2. The van der Waals surface area contributed by atoms with Gasteiger partial charge >= 0.3 is 0 Å². The fourth-order valence-electron chi connectivity index (χ4n) is 3.44. The first-order valence-corrected chi connectivity index (χ1v) is 10.2. The molecule has 1 aromatic heterocycles. The Hall–Kier alpha value is -2.73. The summed E-state index contributed by atoms with van der Waals surface area (Å²) in [5.74, 6) is 1.20. The monoisotopic (exact) mass is 394 g/mol. The molecule has 0 N–H and O–H groups in total. The molecule has 0 aliphatic carbocycles. The second-order valence-electron chi connectivity index (χ2n) is 8.65. The van der Waals surface area contributed by atoms with Gasteiger partial charge in [0.05, 0.1) is 59.7 Å². The minimum atomic E-state index is 0.862. The second kappa shape index (κ2) is 8.33. The molecule has 3 aromatic rings. The van der Waals surface area contributed by atoms with Gasteiger partial charge in [-0.05, 0) is 43.3 Å². The quantitative estimate of drug-likeness (QED) is 0.335. The van der Waals surface area contributed by atoms with Crippen LogP contribution in [0.4, 0.5) is 17.1 Å². The number of quaternary nitrogens is 1. The minimum Gasteiger partial charge on any atom is -0.366 e. The predicted molar refractivity (Wildman–Crippen MR) is 120 cm³/mol. The molecule has 0 saturated carbocycles. The molecule has 6 heteroatoms. The lowest BCUT2D eigenvalue weighted by molar-refractivity contribution is -0.868. The van der Waals surface area contributed by atoms with Crippen LogP contribution < -0.4 is 9.47 Å². The van der Waals surface area contributed by atoms with E-state index in [2.05, 4.69) is 97.6 Å². The summed E-state index contributed by atoms with van der Waals surface area (Å²) in [7, 11) is 10.8. The van der Waals surface area contributed by atoms with E-state index >= 15 is 0 Å². The summed E-state index contributed by atoms with van der Waals surface area (Å²) in [5.41, 5.74) is 5.31. The highest BCUT2D eigenvalue weighted by atomic mass is 15.3. The van der Waals surface area contributed by atoms with Crippen LogP contribution in [0.2, 0.25) is 0 Å². The number of likely N-dealkylation sites (N-methyl/N-ethyl adjacent to an activating group) is 2. The van der Waals surface area contributed by atoms with Gasteiger partial charge in [0.15, 0.2) is 11.0 Å². The Labute approximate surface area is 174 Å². The molecule has 0 fully saturated rings. The number of anilines is 1. The lowest BCUT2D eigenvalue weighted by Gasteiger charge is -2.29. The van der Waals surface area contributed by atoms with Crippen molar-refractivity contribution in [3.63, 3.8) is 0 Å². The number of imidazole rings is 1. The Balaban J connectivity index is 1.74. The number of rotatable bonds is 7. The van der Waals surface area contributed by atoms with E-state index in [0.29, 0.717) is 0 Å². The van der Waals surface area contributed by atoms with Gasteiger partial charge in [-0.3, -0.25) is 0 Å². The molecule has 0 aliphatic heterocycles. The molecule has 1 heterocycles. The van der Waals surface area contributed by atoms with Gasteiger partial charge in [-0.2, -0.15) is 10.2 Å². The maximum atomic E-state index is 4.46. The van der Waals surface area contributed by atoms with Crippen molar-refractivity contribution in [2.24, 2.45) is 24.3 Å². The summed E-state index contributed by atoms with van der Waals surface area (Å²) in [4.78, 5) is 2.40. The summed E-state index contributed by atoms with van der Waals surface area (Å²) in [6.07, 6.45) is 0. The van der Waals surface area contributed by atoms with Gasteiger partial charge in [-0.15, -0.1) is 0 Å². The first-order chi connectivity index (χ1) is 13.7. The SMILES string of the molecule is CCN(CC[N+](C)(C)C)c1ccc(/N=N/c2ccc3c(c2)[n+](C)c(C)n3C)cc1. The smallest absolute Gasteiger partial charge is 0.253 e. The van der Waals surface area contributed by atoms with Gasteiger partial charge in [-0.25, -0.2) is 9.13 Å². The molecular formula is C23H34N6+2. The molecule has 0 bridgehead atoms. The van der Waals surface area contributed by atoms with Crippen molar-refractivity contribution in [1.82, 2.24) is 4.57 Å². The highest BCUT2D eigenvalue weighted by Gasteiger charge is 2.16. The van der Waals surface area contributed by atoms with Crippen LogP contribution in [0.5, 0.6) is 0 Å². The zero-order chi connectivity index (χ0) is 21.2. The number of aryl methyl sites for hydroxylation is 2. The van der Waals surface area contributed by atoms with Crippen LogP contribution in [0.1, 0.15) is 12.7 Å². The van der Waals surface area contributed by atoms with E-state index in [4.69, 9.17) is 0 Å². The van der Waals surface area contributed by atoms with Crippen LogP contribution in [0.15, 0.2) is 52.7 Å². The van der Waals surface area contributed by atoms with Crippen LogP contribution in [0, 0.1) is 6.92 Å². The maximum absolute atomic E-state index is 4.46. The molecule has 0 radical (unpaired) electrons. The average molecular weight is 395 g/mol. The van der Waals surface area contributed by atoms with E-state index in [9.17, 15) is 0 Å². The molecule has 6 nitrogen and oxygen atoms in total. The van der Waals surface area contributed by atoms with Gasteiger partial charge in [0, 0.05) is 25.2 Å². The van der Waals surface area contributed by atoms with Gasteiger partial charge < -0.3 is 9.38 Å². The molecule has 0 amide bonds. The van der Waals surface area contributed by atoms with Crippen molar-refractivity contribution in [2.45, 2.75) is 13.8 Å². The number of nitrogens with zero attached hydrogens (tertiary/aromatic N) is 6. The highest BCUT2D eigenvalue weighted by molar-refractivity contribution is 5.76. The molecular weight excluding hydrogens is 360 g/mol. The third kappa shape index (κ3) is 4.82. The van der Waals surface area contributed by atoms with E-state index in [1.165, 1.54) is 17.0 Å². The molecule has 0 saturated heterocycles. The van der Waals surface area contributed by atoms with E-state index in [0.717, 1.165) is 41.0 Å². The van der Waals surface area contributed by atoms with Crippen LogP contribution in [0.25, 0.3) is 11.0 Å². The van der Waals surface area contributed by atoms with E-state index in [-0.39, 0.29) is 0 Å². The molecule has 2 aromatic carbocycles. The Morgan fingerprint density at radius 2 is 1.62 bits per heavy atom. The first kappa shape index (κ1) is 21.0. The van der Waals surface area contributed by atoms with Crippen molar-refractivity contribution in [3.05, 3.63) is 48.3 Å². The lowest BCUT2D eigenvalue weighted by atomic mass is 10.2. The zero-order valence-electron chi connectivity index (χ0n) is 18.8. The molecule has 3 rings (SSSR count). The summed E-state index contributed by atoms with van der Waals surface area (Å²) in [6.45, 7) is 7.45. The number of hydrogen-bond acceptors (Lipinski definition) is 3. The number of hydrogen-bond donors (Lipinski definition) is 0. The Bertz CT molecular complexity index is 1010. The van der Waals surface area contributed by atoms with Crippen molar-refractivity contribution in [2.75, 3.05) is 45.7 Å². The summed E-state index contributed by atoms with van der Waals surface area (Å²) < 4.78 is 5.33. The molecule has 29 heavy (non-hydrogen) atoms. The van der Waals surface area contributed by atoms with Gasteiger partial charge in [0.1, 0.15) is 0 Å². The summed E-state index contributed by atoms with van der Waals surface area (Å²) in [6, 6.07) is 14.6. The fourth-order valence-corrected chi connectivity index (χ4v) is 3.44. The molecule has 0 aliphatic rings. The van der Waals surface area contributed by atoms with Crippen molar-refractivity contribution in [1.29, 1.82) is 0 Å². The Morgan fingerprint density at radius 3 is 2.24 bits per heavy atom. The summed E-state index contributed by atoms with van der Waals surface area (Å²) >= 11 is 0. The van der Waals surface area contributed by atoms with Crippen molar-refractivity contribution in [3.8, 4) is 0 Å². The van der Waals surface area contributed by atoms with Crippen LogP contribution in [-0.4, -0.2) is 49.8 Å². The van der Waals surface area contributed by atoms with Gasteiger partial charge in [0.25, 0.3) is 5.82 Å². The van der Waals surface area contributed by atoms with Crippen LogP contribution >= 0.6 is 0 Å². The Morgan fingerprint density at radius 1 is 1.00 bits per heavy atom. The van der Waals surface area contributed by atoms with E-state index in [1.807, 2.05) is 18.2 Å². The largest absolute Gasteiger partial charge is 0.366 e. The standard InChI is InChI=1S/C23H34N6/c1-8-28(15-16-29(5,6)7)21-12-9-19(10-13-21)24-25-20-11-14-22-23(17-20)27(4)18(2)26(22)3/h9-14,17H,8,15-16H2,1-7H3/q+2/b25-24+. The minimum absolute atomic E-state index is 0.862. The van der Waals surface area contributed by atoms with Crippen molar-refractivity contribution < 1.29 is 9.05 Å². The first-order valence-electron chi connectivity index (χ1n) is 10.2. The highest BCUT2D eigenvalue weighted by Crippen LogP contribution is 2.24. The third-order valence-corrected chi connectivity index (χ3v) is 5.57. The van der Waals surface area contributed by atoms with E-state index < -0.39 is 0 Å². The topological polar surface area (TPSA) is 36.8 Å². The lowest BCUT2D eigenvalue weighted by Crippen LogP contribution is -2.42.